The first-order chi connectivity index (χ1) is 12.0. The molecule has 0 saturated carbocycles. The van der Waals surface area contributed by atoms with Crippen LogP contribution in [0.4, 0.5) is 5.69 Å². The summed E-state index contributed by atoms with van der Waals surface area (Å²) in [6.07, 6.45) is 2.28. The van der Waals surface area contributed by atoms with Crippen LogP contribution in [-0.2, 0) is 0 Å². The van der Waals surface area contributed by atoms with Crippen molar-refractivity contribution < 1.29 is 4.74 Å². The quantitative estimate of drug-likeness (QED) is 0.517. The van der Waals surface area contributed by atoms with Gasteiger partial charge >= 0.3 is 0 Å². The van der Waals surface area contributed by atoms with Crippen LogP contribution in [0.5, 0.6) is 5.88 Å². The molecule has 25 heavy (non-hydrogen) atoms. The van der Waals surface area contributed by atoms with E-state index >= 15 is 0 Å². The van der Waals surface area contributed by atoms with E-state index < -0.39 is 0 Å². The van der Waals surface area contributed by atoms with Crippen LogP contribution in [-0.4, -0.2) is 42.2 Å². The molecule has 0 amide bonds. The normalized spacial score (nSPS) is 12.7. The van der Waals surface area contributed by atoms with Crippen molar-refractivity contribution in [1.82, 2.24) is 14.9 Å². The van der Waals surface area contributed by atoms with Gasteiger partial charge in [-0.25, -0.2) is 9.97 Å². The first-order valence-electron chi connectivity index (χ1n) is 8.40. The van der Waals surface area contributed by atoms with Gasteiger partial charge in [0.15, 0.2) is 0 Å². The molecular formula is C19H23ClN4O. The Labute approximate surface area is 153 Å². The van der Waals surface area contributed by atoms with Gasteiger partial charge in [-0.2, -0.15) is 0 Å². The van der Waals surface area contributed by atoms with Crippen molar-refractivity contribution in [3.63, 3.8) is 0 Å². The molecule has 1 unspecified atom stereocenters. The number of methoxy groups -OCH3 is 1. The van der Waals surface area contributed by atoms with E-state index in [-0.39, 0.29) is 6.17 Å². The lowest BCUT2D eigenvalue weighted by Gasteiger charge is -2.27. The lowest BCUT2D eigenvalue weighted by molar-refractivity contribution is 0.306. The van der Waals surface area contributed by atoms with Gasteiger partial charge in [0.2, 0.25) is 5.88 Å². The highest BCUT2D eigenvalue weighted by Gasteiger charge is 2.17. The van der Waals surface area contributed by atoms with Crippen molar-refractivity contribution in [2.45, 2.75) is 25.9 Å². The van der Waals surface area contributed by atoms with Crippen LogP contribution in [0.15, 0.2) is 30.3 Å². The Morgan fingerprint density at radius 3 is 2.60 bits per heavy atom. The minimum Gasteiger partial charge on any atom is -0.481 e. The van der Waals surface area contributed by atoms with Crippen LogP contribution >= 0.6 is 11.6 Å². The molecule has 0 fully saturated rings. The molecule has 0 spiro atoms. The van der Waals surface area contributed by atoms with Crippen LogP contribution in [0.3, 0.4) is 0 Å². The first-order valence-corrected chi connectivity index (χ1v) is 8.78. The second-order valence-corrected chi connectivity index (χ2v) is 6.72. The van der Waals surface area contributed by atoms with Gasteiger partial charge in [0.25, 0.3) is 0 Å². The van der Waals surface area contributed by atoms with E-state index in [0.717, 1.165) is 40.5 Å². The molecule has 5 nitrogen and oxygen atoms in total. The predicted octanol–water partition coefficient (Wildman–Crippen LogP) is 4.54. The summed E-state index contributed by atoms with van der Waals surface area (Å²) >= 11 is 6.25. The average Bonchev–Trinajstić information content (AvgIpc) is 2.60. The third-order valence-electron chi connectivity index (χ3n) is 4.26. The summed E-state index contributed by atoms with van der Waals surface area (Å²) in [4.78, 5) is 11.5. The number of fused-ring (bicyclic) bond motifs is 2. The van der Waals surface area contributed by atoms with E-state index in [2.05, 4.69) is 36.2 Å². The van der Waals surface area contributed by atoms with Crippen molar-refractivity contribution in [2.24, 2.45) is 0 Å². The number of rotatable bonds is 6. The van der Waals surface area contributed by atoms with Crippen LogP contribution < -0.4 is 10.1 Å². The molecule has 1 atom stereocenters. The van der Waals surface area contributed by atoms with E-state index in [9.17, 15) is 0 Å². The number of ether oxygens (including phenoxy) is 1. The molecule has 0 aliphatic heterocycles. The molecule has 132 valence electrons. The Balaban J connectivity index is 2.26. The highest BCUT2D eigenvalue weighted by molar-refractivity contribution is 6.31. The molecule has 0 aliphatic rings. The second kappa shape index (κ2) is 7.42. The van der Waals surface area contributed by atoms with Gasteiger partial charge in [0, 0.05) is 16.5 Å². The number of hydrogen-bond acceptors (Lipinski definition) is 5. The van der Waals surface area contributed by atoms with Crippen LogP contribution in [0.25, 0.3) is 21.9 Å². The number of hydrogen-bond donors (Lipinski definition) is 1. The van der Waals surface area contributed by atoms with E-state index in [1.54, 1.807) is 7.11 Å². The molecule has 3 rings (SSSR count). The summed E-state index contributed by atoms with van der Waals surface area (Å²) in [5.74, 6) is 0.565. The molecule has 1 N–H and O–H groups in total. The summed E-state index contributed by atoms with van der Waals surface area (Å²) in [5, 5.41) is 5.29. The molecule has 2 heterocycles. The summed E-state index contributed by atoms with van der Waals surface area (Å²) in [5.41, 5.74) is 3.44. The molecule has 1 aromatic carbocycles. The van der Waals surface area contributed by atoms with Crippen LogP contribution in [0.2, 0.25) is 5.02 Å². The fraction of sp³-hybridized carbons (Fsp3) is 0.368. The minimum absolute atomic E-state index is 0.186. The third kappa shape index (κ3) is 3.62. The maximum Gasteiger partial charge on any atom is 0.213 e. The average molecular weight is 359 g/mol. The van der Waals surface area contributed by atoms with Crippen molar-refractivity contribution >= 4 is 39.2 Å². The Hall–Kier alpha value is -2.11. The molecule has 0 saturated heterocycles. The van der Waals surface area contributed by atoms with Gasteiger partial charge in [0.1, 0.15) is 5.52 Å². The van der Waals surface area contributed by atoms with E-state index in [1.165, 1.54) is 0 Å². The maximum atomic E-state index is 6.25. The molecule has 0 bridgehead atoms. The SMILES string of the molecule is CCCC(Nc1c2cc(Cl)ccc2nc2ccc(OC)nc12)N(C)C. The fourth-order valence-electron chi connectivity index (χ4n) is 2.93. The van der Waals surface area contributed by atoms with Gasteiger partial charge in [-0.05, 0) is 44.8 Å². The number of nitrogens with one attached hydrogen (secondary N) is 1. The second-order valence-electron chi connectivity index (χ2n) is 6.28. The smallest absolute Gasteiger partial charge is 0.213 e. The van der Waals surface area contributed by atoms with E-state index in [1.807, 2.05) is 30.3 Å². The first kappa shape index (κ1) is 17.7. The highest BCUT2D eigenvalue weighted by atomic mass is 35.5. The number of halogens is 1. The van der Waals surface area contributed by atoms with Crippen molar-refractivity contribution in [3.8, 4) is 5.88 Å². The lowest BCUT2D eigenvalue weighted by atomic mass is 10.1. The summed E-state index contributed by atoms with van der Waals surface area (Å²) in [7, 11) is 5.76. The van der Waals surface area contributed by atoms with Gasteiger partial charge < -0.3 is 10.1 Å². The standard InChI is InChI=1S/C19H23ClN4O/c1-5-6-16(24(2)3)22-18-13-11-12(20)7-8-14(13)21-15-9-10-17(25-4)23-19(15)18/h7-11,16H,5-6H2,1-4H3,(H,21,22). The highest BCUT2D eigenvalue weighted by Crippen LogP contribution is 2.33. The Bertz CT molecular complexity index is 897. The van der Waals surface area contributed by atoms with E-state index in [0.29, 0.717) is 10.9 Å². The Kier molecular flexibility index (Phi) is 5.25. The van der Waals surface area contributed by atoms with Gasteiger partial charge in [-0.1, -0.05) is 24.9 Å². The van der Waals surface area contributed by atoms with Gasteiger partial charge in [0.05, 0.1) is 30.0 Å². The van der Waals surface area contributed by atoms with Crippen LogP contribution in [0.1, 0.15) is 19.8 Å². The zero-order valence-electron chi connectivity index (χ0n) is 15.0. The molecule has 6 heteroatoms. The monoisotopic (exact) mass is 358 g/mol. The molecule has 3 aromatic rings. The lowest BCUT2D eigenvalue weighted by Crippen LogP contribution is -2.35. The van der Waals surface area contributed by atoms with Crippen LogP contribution in [0, 0.1) is 0 Å². The predicted molar refractivity (Wildman–Crippen MR) is 105 cm³/mol. The Morgan fingerprint density at radius 2 is 1.92 bits per heavy atom. The summed E-state index contributed by atoms with van der Waals surface area (Å²) < 4.78 is 5.31. The van der Waals surface area contributed by atoms with Gasteiger partial charge in [-0.15, -0.1) is 0 Å². The maximum absolute atomic E-state index is 6.25. The minimum atomic E-state index is 0.186. The van der Waals surface area contributed by atoms with E-state index in [4.69, 9.17) is 21.3 Å². The molecule has 2 aromatic heterocycles. The number of anilines is 1. The Morgan fingerprint density at radius 1 is 1.16 bits per heavy atom. The summed E-state index contributed by atoms with van der Waals surface area (Å²) in [6.45, 7) is 2.18. The van der Waals surface area contributed by atoms with Gasteiger partial charge in [-0.3, -0.25) is 4.90 Å². The summed E-state index contributed by atoms with van der Waals surface area (Å²) in [6, 6.07) is 9.50. The largest absolute Gasteiger partial charge is 0.481 e. The molecule has 0 radical (unpaired) electrons. The number of benzene rings is 1. The van der Waals surface area contributed by atoms with Crippen molar-refractivity contribution in [2.75, 3.05) is 26.5 Å². The zero-order valence-corrected chi connectivity index (χ0v) is 15.8. The number of pyridine rings is 2. The topological polar surface area (TPSA) is 50.3 Å². The zero-order chi connectivity index (χ0) is 18.0. The van der Waals surface area contributed by atoms with Crippen molar-refractivity contribution in [1.29, 1.82) is 0 Å². The number of nitrogens with zero attached hydrogens (tertiary/aromatic N) is 3. The third-order valence-corrected chi connectivity index (χ3v) is 4.49. The van der Waals surface area contributed by atoms with Crippen molar-refractivity contribution in [3.05, 3.63) is 35.4 Å². The molecular weight excluding hydrogens is 336 g/mol. The molecule has 0 aliphatic carbocycles. The number of aromatic nitrogens is 2. The fourth-order valence-corrected chi connectivity index (χ4v) is 3.10.